The van der Waals surface area contributed by atoms with Crippen molar-refractivity contribution in [2.24, 2.45) is 0 Å². The van der Waals surface area contributed by atoms with E-state index in [-0.39, 0.29) is 0 Å². The van der Waals surface area contributed by atoms with Gasteiger partial charge in [-0.1, -0.05) is 40.9 Å². The topological polar surface area (TPSA) is 35.2 Å². The molecular formula is C14H12Cl3NO. The lowest BCUT2D eigenvalue weighted by molar-refractivity contribution is 0.340. The van der Waals surface area contributed by atoms with E-state index in [1.807, 2.05) is 13.0 Å². The third kappa shape index (κ3) is 3.08. The largest absolute Gasteiger partial charge is 0.492 e. The van der Waals surface area contributed by atoms with Gasteiger partial charge in [0.2, 0.25) is 0 Å². The summed E-state index contributed by atoms with van der Waals surface area (Å²) in [4.78, 5) is 0. The van der Waals surface area contributed by atoms with Crippen molar-refractivity contribution in [1.29, 1.82) is 0 Å². The van der Waals surface area contributed by atoms with Gasteiger partial charge in [-0.2, -0.15) is 0 Å². The second-order valence-corrected chi connectivity index (χ2v) is 5.15. The number of nitrogens with two attached hydrogens (primary N) is 1. The molecule has 0 spiro atoms. The van der Waals surface area contributed by atoms with E-state index >= 15 is 0 Å². The molecule has 0 saturated carbocycles. The summed E-state index contributed by atoms with van der Waals surface area (Å²) in [5, 5.41) is 1.54. The zero-order valence-corrected chi connectivity index (χ0v) is 12.5. The molecule has 0 radical (unpaired) electrons. The van der Waals surface area contributed by atoms with Crippen LogP contribution in [-0.4, -0.2) is 6.61 Å². The Hall–Kier alpha value is -1.09. The molecule has 0 heterocycles. The maximum atomic E-state index is 6.25. The summed E-state index contributed by atoms with van der Waals surface area (Å²) in [5.74, 6) is 0.569. The van der Waals surface area contributed by atoms with Gasteiger partial charge in [-0.15, -0.1) is 0 Å². The molecule has 2 N–H and O–H groups in total. The van der Waals surface area contributed by atoms with Crippen LogP contribution in [0, 0.1) is 0 Å². The molecule has 2 rings (SSSR count). The Labute approximate surface area is 127 Å². The minimum atomic E-state index is 0.485. The Morgan fingerprint density at radius 3 is 2.37 bits per heavy atom. The lowest BCUT2D eigenvalue weighted by atomic mass is 10.1. The molecule has 2 aromatic carbocycles. The van der Waals surface area contributed by atoms with E-state index in [1.54, 1.807) is 24.3 Å². The van der Waals surface area contributed by atoms with Crippen molar-refractivity contribution in [2.75, 3.05) is 12.3 Å². The summed E-state index contributed by atoms with van der Waals surface area (Å²) in [6, 6.07) is 8.80. The average molecular weight is 317 g/mol. The highest BCUT2D eigenvalue weighted by molar-refractivity contribution is 6.36. The summed E-state index contributed by atoms with van der Waals surface area (Å²) in [7, 11) is 0. The quantitative estimate of drug-likeness (QED) is 0.780. The summed E-state index contributed by atoms with van der Waals surface area (Å²) in [6.45, 7) is 2.42. The maximum absolute atomic E-state index is 6.25. The number of benzene rings is 2. The van der Waals surface area contributed by atoms with Crippen molar-refractivity contribution in [3.8, 4) is 16.9 Å². The van der Waals surface area contributed by atoms with Crippen LogP contribution in [0.1, 0.15) is 6.92 Å². The van der Waals surface area contributed by atoms with Crippen LogP contribution in [0.15, 0.2) is 30.3 Å². The number of ether oxygens (including phenoxy) is 1. The van der Waals surface area contributed by atoms with E-state index in [4.69, 9.17) is 45.3 Å². The van der Waals surface area contributed by atoms with Crippen molar-refractivity contribution in [3.05, 3.63) is 45.4 Å². The first-order valence-electron chi connectivity index (χ1n) is 5.70. The number of halogens is 3. The first-order valence-corrected chi connectivity index (χ1v) is 6.83. The van der Waals surface area contributed by atoms with Gasteiger partial charge >= 0.3 is 0 Å². The molecule has 5 heteroatoms. The molecule has 0 fully saturated rings. The van der Waals surface area contributed by atoms with E-state index in [2.05, 4.69) is 0 Å². The van der Waals surface area contributed by atoms with E-state index in [0.29, 0.717) is 33.1 Å². The van der Waals surface area contributed by atoms with Crippen molar-refractivity contribution < 1.29 is 4.74 Å². The van der Waals surface area contributed by atoms with Gasteiger partial charge in [-0.25, -0.2) is 0 Å². The minimum absolute atomic E-state index is 0.485. The molecule has 0 aliphatic rings. The summed E-state index contributed by atoms with van der Waals surface area (Å²) in [5.41, 5.74) is 7.86. The normalized spacial score (nSPS) is 10.5. The monoisotopic (exact) mass is 315 g/mol. The zero-order valence-electron chi connectivity index (χ0n) is 10.2. The van der Waals surface area contributed by atoms with E-state index < -0.39 is 0 Å². The van der Waals surface area contributed by atoms with Gasteiger partial charge in [0.25, 0.3) is 0 Å². The fourth-order valence-corrected chi connectivity index (χ4v) is 2.37. The molecule has 0 aromatic heterocycles. The molecule has 0 unspecified atom stereocenters. The summed E-state index contributed by atoms with van der Waals surface area (Å²) >= 11 is 18.4. The van der Waals surface area contributed by atoms with Gasteiger partial charge in [-0.05, 0) is 30.7 Å². The lowest BCUT2D eigenvalue weighted by Crippen LogP contribution is -1.93. The minimum Gasteiger partial charge on any atom is -0.492 e. The molecular weight excluding hydrogens is 305 g/mol. The molecule has 100 valence electrons. The van der Waals surface area contributed by atoms with Crippen LogP contribution in [0.4, 0.5) is 5.69 Å². The molecule has 0 saturated heterocycles. The summed E-state index contributed by atoms with van der Waals surface area (Å²) in [6.07, 6.45) is 0. The Bertz CT molecular complexity index is 614. The van der Waals surface area contributed by atoms with Crippen molar-refractivity contribution in [2.45, 2.75) is 6.92 Å². The van der Waals surface area contributed by atoms with Gasteiger partial charge in [-0.3, -0.25) is 0 Å². The Morgan fingerprint density at radius 2 is 1.74 bits per heavy atom. The zero-order chi connectivity index (χ0) is 14.0. The SMILES string of the molecule is CCOc1cc(Cl)c(-c2ccc(N)c(Cl)c2)cc1Cl. The van der Waals surface area contributed by atoms with Crippen LogP contribution in [-0.2, 0) is 0 Å². The second kappa shape index (κ2) is 5.91. The highest BCUT2D eigenvalue weighted by Crippen LogP contribution is 2.38. The molecule has 2 nitrogen and oxygen atoms in total. The lowest BCUT2D eigenvalue weighted by Gasteiger charge is -2.11. The standard InChI is InChI=1S/C14H12Cl3NO/c1-2-19-14-7-10(15)9(6-12(14)17)8-3-4-13(18)11(16)5-8/h3-7H,2,18H2,1H3. The van der Waals surface area contributed by atoms with Gasteiger partial charge < -0.3 is 10.5 Å². The Balaban J connectivity index is 2.50. The van der Waals surface area contributed by atoms with Crippen molar-refractivity contribution in [1.82, 2.24) is 0 Å². The number of hydrogen-bond acceptors (Lipinski definition) is 2. The van der Waals surface area contributed by atoms with Crippen LogP contribution >= 0.6 is 34.8 Å². The second-order valence-electron chi connectivity index (χ2n) is 3.93. The predicted octanol–water partition coefficient (Wildman–Crippen LogP) is 5.29. The number of rotatable bonds is 3. The van der Waals surface area contributed by atoms with Gasteiger partial charge in [0, 0.05) is 11.6 Å². The fourth-order valence-electron chi connectivity index (χ4n) is 1.71. The molecule has 19 heavy (non-hydrogen) atoms. The molecule has 0 atom stereocenters. The van der Waals surface area contributed by atoms with Crippen LogP contribution < -0.4 is 10.5 Å². The van der Waals surface area contributed by atoms with Crippen molar-refractivity contribution in [3.63, 3.8) is 0 Å². The van der Waals surface area contributed by atoms with Gasteiger partial charge in [0.1, 0.15) is 5.75 Å². The molecule has 2 aromatic rings. The Kier molecular flexibility index (Phi) is 4.46. The van der Waals surface area contributed by atoms with E-state index in [1.165, 1.54) is 0 Å². The summed E-state index contributed by atoms with van der Waals surface area (Å²) < 4.78 is 5.39. The molecule has 0 aliphatic carbocycles. The Morgan fingerprint density at radius 1 is 1.00 bits per heavy atom. The number of anilines is 1. The molecule has 0 aliphatic heterocycles. The fraction of sp³-hybridized carbons (Fsp3) is 0.143. The van der Waals surface area contributed by atoms with Crippen molar-refractivity contribution >= 4 is 40.5 Å². The molecule has 0 amide bonds. The third-order valence-corrected chi connectivity index (χ3v) is 3.57. The first-order chi connectivity index (χ1) is 9.02. The number of nitrogen functional groups attached to an aromatic ring is 1. The van der Waals surface area contributed by atoms with E-state index in [9.17, 15) is 0 Å². The van der Waals surface area contributed by atoms with Crippen LogP contribution in [0.3, 0.4) is 0 Å². The van der Waals surface area contributed by atoms with Gasteiger partial charge in [0.05, 0.1) is 27.4 Å². The third-order valence-electron chi connectivity index (χ3n) is 2.63. The molecule has 0 bridgehead atoms. The van der Waals surface area contributed by atoms with Crippen LogP contribution in [0.25, 0.3) is 11.1 Å². The predicted molar refractivity (Wildman–Crippen MR) is 82.5 cm³/mol. The smallest absolute Gasteiger partial charge is 0.139 e. The van der Waals surface area contributed by atoms with Crippen LogP contribution in [0.5, 0.6) is 5.75 Å². The highest BCUT2D eigenvalue weighted by Gasteiger charge is 2.11. The van der Waals surface area contributed by atoms with E-state index in [0.717, 1.165) is 11.1 Å². The first kappa shape index (κ1) is 14.3. The van der Waals surface area contributed by atoms with Crippen LogP contribution in [0.2, 0.25) is 15.1 Å². The highest BCUT2D eigenvalue weighted by atomic mass is 35.5. The maximum Gasteiger partial charge on any atom is 0.139 e. The average Bonchev–Trinajstić information content (AvgIpc) is 2.37. The van der Waals surface area contributed by atoms with Gasteiger partial charge in [0.15, 0.2) is 0 Å². The number of hydrogen-bond donors (Lipinski definition) is 1.